The van der Waals surface area contributed by atoms with Crippen molar-refractivity contribution < 1.29 is 13.9 Å². The molecular weight excluding hydrogens is 156 g/mol. The van der Waals surface area contributed by atoms with Crippen molar-refractivity contribution in [3.8, 4) is 0 Å². The van der Waals surface area contributed by atoms with Crippen molar-refractivity contribution in [3.63, 3.8) is 0 Å². The molecule has 3 nitrogen and oxygen atoms in total. The zero-order valence-corrected chi connectivity index (χ0v) is 6.82. The number of hydrogen-bond donors (Lipinski definition) is 0. The van der Waals surface area contributed by atoms with Crippen molar-refractivity contribution in [2.75, 3.05) is 6.61 Å². The largest absolute Gasteiger partial charge is 0.472 e. The van der Waals surface area contributed by atoms with Gasteiger partial charge in [0.2, 0.25) is 0 Å². The third kappa shape index (κ3) is 2.62. The van der Waals surface area contributed by atoms with Crippen LogP contribution in [-0.2, 0) is 9.53 Å². The first-order valence-corrected chi connectivity index (χ1v) is 3.70. The van der Waals surface area contributed by atoms with E-state index >= 15 is 0 Å². The van der Waals surface area contributed by atoms with Crippen LogP contribution >= 0.6 is 0 Å². The van der Waals surface area contributed by atoms with Crippen molar-refractivity contribution in [3.05, 3.63) is 30.2 Å². The molecule has 0 fully saturated rings. The molecule has 0 bridgehead atoms. The van der Waals surface area contributed by atoms with Crippen LogP contribution in [0.25, 0.3) is 6.08 Å². The fraction of sp³-hybridized carbons (Fsp3) is 0.222. The molecule has 0 spiro atoms. The molecule has 3 heteroatoms. The highest BCUT2D eigenvalue weighted by Crippen LogP contribution is 2.01. The quantitative estimate of drug-likeness (QED) is 0.508. The van der Waals surface area contributed by atoms with Gasteiger partial charge in [0.05, 0.1) is 19.1 Å². The van der Waals surface area contributed by atoms with Crippen molar-refractivity contribution in [2.45, 2.75) is 6.92 Å². The Labute approximate surface area is 70.6 Å². The number of carbonyl (C=O) groups excluding carboxylic acids is 1. The second-order valence-electron chi connectivity index (χ2n) is 2.14. The van der Waals surface area contributed by atoms with Gasteiger partial charge in [0.25, 0.3) is 0 Å². The minimum absolute atomic E-state index is 0.335. The molecule has 1 aromatic heterocycles. The Hall–Kier alpha value is -1.51. The van der Waals surface area contributed by atoms with Crippen LogP contribution in [0.15, 0.2) is 29.1 Å². The van der Waals surface area contributed by atoms with Crippen LogP contribution < -0.4 is 0 Å². The number of carbonyl (C=O) groups is 1. The second-order valence-corrected chi connectivity index (χ2v) is 2.14. The number of furan rings is 1. The summed E-state index contributed by atoms with van der Waals surface area (Å²) in [7, 11) is 0. The third-order valence-corrected chi connectivity index (χ3v) is 1.24. The van der Waals surface area contributed by atoms with Crippen LogP contribution in [0.1, 0.15) is 12.5 Å². The molecule has 0 unspecified atom stereocenters. The Bertz CT molecular complexity index is 259. The molecule has 0 aliphatic rings. The summed E-state index contributed by atoms with van der Waals surface area (Å²) in [6.45, 7) is 2.16. The molecule has 0 saturated carbocycles. The summed E-state index contributed by atoms with van der Waals surface area (Å²) < 4.78 is 9.49. The Morgan fingerprint density at radius 3 is 3.17 bits per heavy atom. The lowest BCUT2D eigenvalue weighted by atomic mass is 10.3. The van der Waals surface area contributed by atoms with E-state index in [1.807, 2.05) is 0 Å². The average Bonchev–Trinajstić information content (AvgIpc) is 2.53. The van der Waals surface area contributed by atoms with E-state index in [2.05, 4.69) is 4.74 Å². The summed E-state index contributed by atoms with van der Waals surface area (Å²) in [5.41, 5.74) is 0.850. The van der Waals surface area contributed by atoms with Gasteiger partial charge in [0, 0.05) is 11.6 Å². The van der Waals surface area contributed by atoms with Crippen LogP contribution in [0.5, 0.6) is 0 Å². The normalized spacial score (nSPS) is 10.4. The van der Waals surface area contributed by atoms with Crippen molar-refractivity contribution in [2.24, 2.45) is 0 Å². The van der Waals surface area contributed by atoms with Gasteiger partial charge in [-0.05, 0) is 19.1 Å². The third-order valence-electron chi connectivity index (χ3n) is 1.24. The molecule has 0 aliphatic carbocycles. The van der Waals surface area contributed by atoms with E-state index in [4.69, 9.17) is 4.42 Å². The standard InChI is InChI=1S/C9H10O3/c1-2-12-9(10)4-3-8-5-6-11-7-8/h3-7H,2H2,1H3. The fourth-order valence-electron chi connectivity index (χ4n) is 0.724. The molecule has 0 radical (unpaired) electrons. The lowest BCUT2D eigenvalue weighted by Crippen LogP contribution is -1.98. The summed E-state index contributed by atoms with van der Waals surface area (Å²) in [5, 5.41) is 0. The monoisotopic (exact) mass is 166 g/mol. The maximum Gasteiger partial charge on any atom is 0.330 e. The molecule has 0 aliphatic heterocycles. The molecular formula is C9H10O3. The predicted octanol–water partition coefficient (Wildman–Crippen LogP) is 1.86. The maximum atomic E-state index is 10.8. The maximum absolute atomic E-state index is 10.8. The van der Waals surface area contributed by atoms with Gasteiger partial charge in [-0.3, -0.25) is 0 Å². The molecule has 0 aromatic carbocycles. The number of rotatable bonds is 3. The smallest absolute Gasteiger partial charge is 0.330 e. The lowest BCUT2D eigenvalue weighted by molar-refractivity contribution is -0.137. The van der Waals surface area contributed by atoms with Crippen LogP contribution in [0.2, 0.25) is 0 Å². The van der Waals surface area contributed by atoms with Crippen LogP contribution in [0, 0.1) is 0 Å². The Morgan fingerprint density at radius 2 is 2.58 bits per heavy atom. The first-order valence-electron chi connectivity index (χ1n) is 3.70. The molecule has 1 heterocycles. The molecule has 0 saturated heterocycles. The van der Waals surface area contributed by atoms with E-state index in [-0.39, 0.29) is 5.97 Å². The number of hydrogen-bond acceptors (Lipinski definition) is 3. The Morgan fingerprint density at radius 1 is 1.75 bits per heavy atom. The number of ether oxygens (including phenoxy) is 1. The summed E-state index contributed by atoms with van der Waals surface area (Å²) >= 11 is 0. The van der Waals surface area contributed by atoms with E-state index in [0.29, 0.717) is 6.61 Å². The molecule has 0 N–H and O–H groups in total. The molecule has 12 heavy (non-hydrogen) atoms. The van der Waals surface area contributed by atoms with Crippen LogP contribution in [0.3, 0.4) is 0 Å². The van der Waals surface area contributed by atoms with E-state index in [1.54, 1.807) is 31.6 Å². The van der Waals surface area contributed by atoms with Gasteiger partial charge >= 0.3 is 5.97 Å². The van der Waals surface area contributed by atoms with Gasteiger partial charge in [0.1, 0.15) is 0 Å². The van der Waals surface area contributed by atoms with Gasteiger partial charge < -0.3 is 9.15 Å². The molecule has 0 atom stereocenters. The van der Waals surface area contributed by atoms with E-state index in [1.165, 1.54) is 6.08 Å². The molecule has 64 valence electrons. The highest BCUT2D eigenvalue weighted by Gasteiger charge is 1.93. The first-order chi connectivity index (χ1) is 5.83. The highest BCUT2D eigenvalue weighted by molar-refractivity contribution is 5.86. The van der Waals surface area contributed by atoms with Crippen molar-refractivity contribution in [1.82, 2.24) is 0 Å². The Kier molecular flexibility index (Phi) is 3.14. The summed E-state index contributed by atoms with van der Waals surface area (Å²) in [6, 6.07) is 1.76. The van der Waals surface area contributed by atoms with Gasteiger partial charge in [-0.1, -0.05) is 0 Å². The van der Waals surface area contributed by atoms with Gasteiger partial charge in [-0.25, -0.2) is 4.79 Å². The highest BCUT2D eigenvalue weighted by atomic mass is 16.5. The van der Waals surface area contributed by atoms with Gasteiger partial charge in [0.15, 0.2) is 0 Å². The molecule has 1 aromatic rings. The second kappa shape index (κ2) is 4.38. The topological polar surface area (TPSA) is 39.4 Å². The van der Waals surface area contributed by atoms with E-state index in [9.17, 15) is 4.79 Å². The Balaban J connectivity index is 2.45. The lowest BCUT2D eigenvalue weighted by Gasteiger charge is -1.92. The first kappa shape index (κ1) is 8.59. The molecule has 0 amide bonds. The summed E-state index contributed by atoms with van der Waals surface area (Å²) in [6.07, 6.45) is 6.11. The predicted molar refractivity (Wildman–Crippen MR) is 44.4 cm³/mol. The van der Waals surface area contributed by atoms with Gasteiger partial charge in [-0.2, -0.15) is 0 Å². The minimum atomic E-state index is -0.335. The van der Waals surface area contributed by atoms with E-state index < -0.39 is 0 Å². The van der Waals surface area contributed by atoms with Gasteiger partial charge in [-0.15, -0.1) is 0 Å². The zero-order chi connectivity index (χ0) is 8.81. The summed E-state index contributed by atoms with van der Waals surface area (Å²) in [5.74, 6) is -0.335. The number of esters is 1. The van der Waals surface area contributed by atoms with Crippen molar-refractivity contribution in [1.29, 1.82) is 0 Å². The average molecular weight is 166 g/mol. The van der Waals surface area contributed by atoms with E-state index in [0.717, 1.165) is 5.56 Å². The fourth-order valence-corrected chi connectivity index (χ4v) is 0.724. The van der Waals surface area contributed by atoms with Crippen LogP contribution in [-0.4, -0.2) is 12.6 Å². The van der Waals surface area contributed by atoms with Crippen molar-refractivity contribution >= 4 is 12.0 Å². The van der Waals surface area contributed by atoms with Crippen LogP contribution in [0.4, 0.5) is 0 Å². The zero-order valence-electron chi connectivity index (χ0n) is 6.82. The SMILES string of the molecule is CCOC(=O)C=Cc1ccoc1. The summed E-state index contributed by atoms with van der Waals surface area (Å²) in [4.78, 5) is 10.8. The minimum Gasteiger partial charge on any atom is -0.472 e. The molecule has 1 rings (SSSR count).